The van der Waals surface area contributed by atoms with Gasteiger partial charge >= 0.3 is 0 Å². The van der Waals surface area contributed by atoms with Gasteiger partial charge in [0.1, 0.15) is 37.0 Å². The van der Waals surface area contributed by atoms with E-state index in [0.29, 0.717) is 11.5 Å². The van der Waals surface area contributed by atoms with Crippen LogP contribution in [0.15, 0.2) is 35.7 Å². The first-order chi connectivity index (χ1) is 16.3. The fourth-order valence-corrected chi connectivity index (χ4v) is 3.50. The molecule has 14 nitrogen and oxygen atoms in total. The van der Waals surface area contributed by atoms with Crippen molar-refractivity contribution in [3.63, 3.8) is 0 Å². The predicted octanol–water partition coefficient (Wildman–Crippen LogP) is -1.01. The quantitative estimate of drug-likeness (QED) is 0.172. The molecule has 0 bridgehead atoms. The molecule has 1 saturated heterocycles. The Hall–Kier alpha value is -3.85. The van der Waals surface area contributed by atoms with Crippen molar-refractivity contribution in [2.75, 3.05) is 24.4 Å². The molecule has 1 aliphatic heterocycles. The van der Waals surface area contributed by atoms with E-state index in [1.54, 1.807) is 31.2 Å². The average Bonchev–Trinajstić information content (AvgIpc) is 3.34. The number of hydrazone groups is 1. The molecule has 4 rings (SSSR count). The topological polar surface area (TPSA) is 216 Å². The Balaban J connectivity index is 1.60. The number of aliphatic hydroxyl groups is 3. The van der Waals surface area contributed by atoms with Gasteiger partial charge < -0.3 is 36.3 Å². The number of hydrogen-bond donors (Lipinski definition) is 6. The number of carbonyl (C=O) groups is 1. The zero-order valence-electron chi connectivity index (χ0n) is 18.1. The zero-order chi connectivity index (χ0) is 24.4. The highest BCUT2D eigenvalue weighted by atomic mass is 16.6. The maximum Gasteiger partial charge on any atom is 0.252 e. The van der Waals surface area contributed by atoms with Gasteiger partial charge in [0.05, 0.1) is 17.9 Å². The molecule has 4 atom stereocenters. The second-order valence-electron chi connectivity index (χ2n) is 7.57. The average molecular weight is 472 g/mol. The lowest BCUT2D eigenvalue weighted by Gasteiger charge is -2.19. The first-order valence-electron chi connectivity index (χ1n) is 10.2. The lowest BCUT2D eigenvalue weighted by atomic mass is 10.1. The molecular formula is C20H24N8O6. The van der Waals surface area contributed by atoms with Crippen LogP contribution in [-0.4, -0.2) is 78.0 Å². The number of benzene rings is 1. The molecule has 3 heterocycles. The molecule has 1 aromatic carbocycles. The molecule has 180 valence electrons. The van der Waals surface area contributed by atoms with E-state index in [1.165, 1.54) is 10.9 Å². The molecule has 0 spiro atoms. The second-order valence-corrected chi connectivity index (χ2v) is 7.57. The molecule has 0 unspecified atom stereocenters. The normalized spacial score (nSPS) is 22.8. The lowest BCUT2D eigenvalue weighted by molar-refractivity contribution is -0.0501. The third kappa shape index (κ3) is 4.34. The number of anilines is 2. The first-order valence-corrected chi connectivity index (χ1v) is 10.2. The molecule has 34 heavy (non-hydrogen) atoms. The van der Waals surface area contributed by atoms with Gasteiger partial charge in [-0.15, -0.1) is 0 Å². The van der Waals surface area contributed by atoms with Gasteiger partial charge in [0.2, 0.25) is 5.95 Å². The van der Waals surface area contributed by atoms with Crippen LogP contribution in [0.2, 0.25) is 0 Å². The van der Waals surface area contributed by atoms with E-state index in [4.69, 9.17) is 20.9 Å². The van der Waals surface area contributed by atoms with Gasteiger partial charge in [0.15, 0.2) is 23.2 Å². The summed E-state index contributed by atoms with van der Waals surface area (Å²) in [4.78, 5) is 24.0. The third-order valence-electron chi connectivity index (χ3n) is 5.21. The minimum absolute atomic E-state index is 0.0212. The number of imidazole rings is 1. The maximum absolute atomic E-state index is 11.5. The van der Waals surface area contributed by atoms with Gasteiger partial charge in [0, 0.05) is 0 Å². The number of aliphatic hydroxyl groups excluding tert-OH is 3. The van der Waals surface area contributed by atoms with E-state index < -0.39 is 37.1 Å². The van der Waals surface area contributed by atoms with Gasteiger partial charge in [-0.05, 0) is 19.1 Å². The number of carbonyl (C=O) groups excluding carboxylic acids is 1. The highest BCUT2D eigenvalue weighted by molar-refractivity contribution is 5.95. The molecule has 8 N–H and O–H groups in total. The number of nitrogen functional groups attached to an aromatic ring is 1. The molecular weight excluding hydrogens is 448 g/mol. The number of rotatable bonds is 8. The number of nitrogens with two attached hydrogens (primary N) is 2. The van der Waals surface area contributed by atoms with Gasteiger partial charge in [-0.25, -0.2) is 20.4 Å². The standard InChI is InChI=1S/C20H24N8O6/c1-9(7-33-11-5-3-2-4-10(11)17(22)32)26-27-20-25-13-16(21)23-8-24-18(13)28(20)19-15(31)14(30)12(6-29)34-19/h2-5,8,12,14-15,19,29-31H,6-7H2,1H3,(H2,22,32)(H,25,27)(H2,21,23,24)/t12-,14-,15-,19-/m1/s1. The molecule has 14 heteroatoms. The lowest BCUT2D eigenvalue weighted by Crippen LogP contribution is -2.33. The molecule has 0 radical (unpaired) electrons. The van der Waals surface area contributed by atoms with E-state index in [1.807, 2.05) is 0 Å². The number of nitrogens with one attached hydrogen (secondary N) is 1. The van der Waals surface area contributed by atoms with Crippen molar-refractivity contribution in [1.29, 1.82) is 0 Å². The molecule has 0 aliphatic carbocycles. The molecule has 0 saturated carbocycles. The minimum atomic E-state index is -1.38. The predicted molar refractivity (Wildman–Crippen MR) is 120 cm³/mol. The molecule has 1 fully saturated rings. The maximum atomic E-state index is 11.5. The van der Waals surface area contributed by atoms with Crippen molar-refractivity contribution in [3.8, 4) is 5.75 Å². The number of ether oxygens (including phenoxy) is 2. The van der Waals surface area contributed by atoms with E-state index in [2.05, 4.69) is 25.5 Å². The number of para-hydroxylation sites is 1. The van der Waals surface area contributed by atoms with Crippen LogP contribution in [-0.2, 0) is 4.74 Å². The van der Waals surface area contributed by atoms with Crippen LogP contribution in [0.1, 0.15) is 23.5 Å². The van der Waals surface area contributed by atoms with E-state index in [0.717, 1.165) is 0 Å². The van der Waals surface area contributed by atoms with Crippen LogP contribution >= 0.6 is 0 Å². The minimum Gasteiger partial charge on any atom is -0.487 e. The Morgan fingerprint density at radius 1 is 1.29 bits per heavy atom. The van der Waals surface area contributed by atoms with Crippen LogP contribution in [0.25, 0.3) is 11.2 Å². The van der Waals surface area contributed by atoms with Gasteiger partial charge in [-0.1, -0.05) is 12.1 Å². The summed E-state index contributed by atoms with van der Waals surface area (Å²) in [7, 11) is 0. The van der Waals surface area contributed by atoms with Crippen molar-refractivity contribution >= 4 is 34.5 Å². The number of fused-ring (bicyclic) bond motifs is 1. The van der Waals surface area contributed by atoms with Crippen LogP contribution in [0.3, 0.4) is 0 Å². The Bertz CT molecular complexity index is 1230. The zero-order valence-corrected chi connectivity index (χ0v) is 18.1. The largest absolute Gasteiger partial charge is 0.487 e. The molecule has 3 aromatic rings. The number of aromatic nitrogens is 4. The Morgan fingerprint density at radius 2 is 2.06 bits per heavy atom. The van der Waals surface area contributed by atoms with Crippen molar-refractivity contribution in [2.45, 2.75) is 31.5 Å². The summed E-state index contributed by atoms with van der Waals surface area (Å²) in [6.07, 6.45) is -3.63. The van der Waals surface area contributed by atoms with Crippen molar-refractivity contribution in [3.05, 3.63) is 36.2 Å². The summed E-state index contributed by atoms with van der Waals surface area (Å²) in [5.74, 6) is -0.125. The second kappa shape index (κ2) is 9.56. The van der Waals surface area contributed by atoms with E-state index in [-0.39, 0.29) is 35.1 Å². The van der Waals surface area contributed by atoms with Crippen molar-refractivity contribution in [1.82, 2.24) is 19.5 Å². The van der Waals surface area contributed by atoms with Gasteiger partial charge in [-0.2, -0.15) is 5.10 Å². The van der Waals surface area contributed by atoms with Crippen molar-refractivity contribution in [2.24, 2.45) is 10.8 Å². The number of primary amides is 1. The summed E-state index contributed by atoms with van der Waals surface area (Å²) in [5.41, 5.74) is 15.2. The monoisotopic (exact) mass is 472 g/mol. The summed E-state index contributed by atoms with van der Waals surface area (Å²) in [6, 6.07) is 6.55. The molecule has 1 amide bonds. The van der Waals surface area contributed by atoms with Crippen LogP contribution in [0, 0.1) is 0 Å². The number of nitrogens with zero attached hydrogens (tertiary/aromatic N) is 5. The van der Waals surface area contributed by atoms with Gasteiger partial charge in [0.25, 0.3) is 5.91 Å². The Labute approximate surface area is 192 Å². The van der Waals surface area contributed by atoms with Crippen LogP contribution < -0.4 is 21.6 Å². The SMILES string of the molecule is CC(COc1ccccc1C(N)=O)=NNc1nc2c(N)ncnc2n1[C@@H]1O[C@H](CO)[C@@H](O)[C@H]1O. The fourth-order valence-electron chi connectivity index (χ4n) is 3.50. The first kappa shape index (κ1) is 23.3. The third-order valence-corrected chi connectivity index (χ3v) is 5.21. The number of amides is 1. The highest BCUT2D eigenvalue weighted by Crippen LogP contribution is 2.35. The molecule has 1 aliphatic rings. The van der Waals surface area contributed by atoms with Crippen LogP contribution in [0.5, 0.6) is 5.75 Å². The Kier molecular flexibility index (Phi) is 6.56. The Morgan fingerprint density at radius 3 is 2.76 bits per heavy atom. The van der Waals surface area contributed by atoms with Crippen molar-refractivity contribution < 1.29 is 29.6 Å². The highest BCUT2D eigenvalue weighted by Gasteiger charge is 2.45. The summed E-state index contributed by atoms with van der Waals surface area (Å²) in [6.45, 7) is 1.20. The summed E-state index contributed by atoms with van der Waals surface area (Å²) in [5, 5.41) is 34.4. The fraction of sp³-hybridized carbons (Fsp3) is 0.350. The van der Waals surface area contributed by atoms with E-state index >= 15 is 0 Å². The smallest absolute Gasteiger partial charge is 0.252 e. The van der Waals surface area contributed by atoms with Gasteiger partial charge in [-0.3, -0.25) is 9.36 Å². The van der Waals surface area contributed by atoms with Crippen LogP contribution in [0.4, 0.5) is 11.8 Å². The number of hydrogen-bond acceptors (Lipinski definition) is 12. The molecule has 2 aromatic heterocycles. The summed E-state index contributed by atoms with van der Waals surface area (Å²) >= 11 is 0. The van der Waals surface area contributed by atoms with E-state index in [9.17, 15) is 20.1 Å². The summed E-state index contributed by atoms with van der Waals surface area (Å²) < 4.78 is 12.7.